The molecule has 1 unspecified atom stereocenters. The van der Waals surface area contributed by atoms with Gasteiger partial charge in [-0.25, -0.2) is 0 Å². The van der Waals surface area contributed by atoms with Crippen LogP contribution in [0.4, 0.5) is 0 Å². The number of carbonyl (C=O) groups excluding carboxylic acids is 1. The standard InChI is InChI=1S/C33H54O11/c1-8-24(19-41-22-40-13-12-37-5)14-23(2)28-16-27(34)17-30(35)33(3,4)26-11-9-10-25(15-26)32(43-21-39-7)29(42-20-38-6)18-31(36)44-28/h9-11,14-15,24,27-30,32,34-35H,8,12-13,16-22H2,1-7H3/b23-14-/t24-,27+,28+,29-,30+,32?/m1/s1. The van der Waals surface area contributed by atoms with Crippen LogP contribution < -0.4 is 0 Å². The van der Waals surface area contributed by atoms with Gasteiger partial charge in [0.05, 0.1) is 38.4 Å². The molecule has 6 atom stereocenters. The van der Waals surface area contributed by atoms with Crippen molar-refractivity contribution >= 4 is 5.97 Å². The molecule has 44 heavy (non-hydrogen) atoms. The molecule has 0 aliphatic carbocycles. The molecule has 252 valence electrons. The predicted molar refractivity (Wildman–Crippen MR) is 164 cm³/mol. The van der Waals surface area contributed by atoms with Crippen LogP contribution in [-0.2, 0) is 48.1 Å². The Bertz CT molecular complexity index is 982. The number of aliphatic hydroxyl groups excluding tert-OH is 2. The normalized spacial score (nSPS) is 25.7. The van der Waals surface area contributed by atoms with Gasteiger partial charge in [0.2, 0.25) is 0 Å². The summed E-state index contributed by atoms with van der Waals surface area (Å²) in [5.74, 6) is -0.490. The second kappa shape index (κ2) is 20.2. The summed E-state index contributed by atoms with van der Waals surface area (Å²) in [6.07, 6.45) is -1.13. The first kappa shape index (κ1) is 38.3. The van der Waals surface area contributed by atoms with Crippen LogP contribution in [0.5, 0.6) is 0 Å². The van der Waals surface area contributed by atoms with Gasteiger partial charge < -0.3 is 48.1 Å². The highest BCUT2D eigenvalue weighted by Crippen LogP contribution is 2.35. The van der Waals surface area contributed by atoms with E-state index in [1.54, 1.807) is 7.11 Å². The Morgan fingerprint density at radius 3 is 2.43 bits per heavy atom. The van der Waals surface area contributed by atoms with Gasteiger partial charge in [-0.15, -0.1) is 0 Å². The molecule has 0 radical (unpaired) electrons. The van der Waals surface area contributed by atoms with Gasteiger partial charge in [-0.3, -0.25) is 4.79 Å². The van der Waals surface area contributed by atoms with Crippen LogP contribution in [0, 0.1) is 5.92 Å². The molecular weight excluding hydrogens is 572 g/mol. The average molecular weight is 627 g/mol. The highest BCUT2D eigenvalue weighted by molar-refractivity contribution is 5.70. The third-order valence-electron chi connectivity index (χ3n) is 7.98. The van der Waals surface area contributed by atoms with Crippen molar-refractivity contribution in [2.24, 2.45) is 5.92 Å². The first-order valence-corrected chi connectivity index (χ1v) is 15.3. The maximum Gasteiger partial charge on any atom is 0.309 e. The second-order valence-electron chi connectivity index (χ2n) is 11.7. The third kappa shape index (κ3) is 12.5. The van der Waals surface area contributed by atoms with Gasteiger partial charge in [0, 0.05) is 45.5 Å². The smallest absolute Gasteiger partial charge is 0.309 e. The zero-order valence-corrected chi connectivity index (χ0v) is 27.5. The van der Waals surface area contributed by atoms with Gasteiger partial charge >= 0.3 is 5.97 Å². The molecule has 0 aromatic heterocycles. The summed E-state index contributed by atoms with van der Waals surface area (Å²) in [6.45, 7) is 9.19. The zero-order chi connectivity index (χ0) is 32.5. The molecule has 1 aliphatic rings. The van der Waals surface area contributed by atoms with Crippen molar-refractivity contribution in [3.8, 4) is 0 Å². The fourth-order valence-corrected chi connectivity index (χ4v) is 5.09. The van der Waals surface area contributed by atoms with Crippen LogP contribution in [0.15, 0.2) is 35.9 Å². The van der Waals surface area contributed by atoms with Crippen molar-refractivity contribution in [2.45, 2.75) is 89.3 Å². The minimum atomic E-state index is -0.930. The lowest BCUT2D eigenvalue weighted by Crippen LogP contribution is -2.38. The summed E-state index contributed by atoms with van der Waals surface area (Å²) in [4.78, 5) is 13.5. The fraction of sp³-hybridized carbons (Fsp3) is 0.727. The molecule has 0 spiro atoms. The van der Waals surface area contributed by atoms with Gasteiger partial charge in [-0.2, -0.15) is 0 Å². The molecule has 2 bridgehead atoms. The van der Waals surface area contributed by atoms with E-state index in [9.17, 15) is 15.0 Å². The topological polar surface area (TPSA) is 131 Å². The number of hydrogen-bond donors (Lipinski definition) is 2. The number of carbonyl (C=O) groups is 1. The zero-order valence-electron chi connectivity index (χ0n) is 27.5. The highest BCUT2D eigenvalue weighted by atomic mass is 16.7. The Kier molecular flexibility index (Phi) is 17.6. The van der Waals surface area contributed by atoms with Crippen LogP contribution in [-0.4, -0.2) is 102 Å². The Hall–Kier alpha value is -1.93. The molecule has 1 aliphatic heterocycles. The van der Waals surface area contributed by atoms with E-state index < -0.39 is 41.9 Å². The molecule has 0 amide bonds. The molecule has 0 fully saturated rings. The van der Waals surface area contributed by atoms with Crippen molar-refractivity contribution in [3.05, 3.63) is 47.0 Å². The van der Waals surface area contributed by atoms with Crippen LogP contribution in [0.1, 0.15) is 70.6 Å². The van der Waals surface area contributed by atoms with Gasteiger partial charge in [0.1, 0.15) is 38.7 Å². The summed E-state index contributed by atoms with van der Waals surface area (Å²) in [5, 5.41) is 22.5. The average Bonchev–Trinajstić information content (AvgIpc) is 3.00. The number of rotatable bonds is 16. The summed E-state index contributed by atoms with van der Waals surface area (Å²) in [5.41, 5.74) is 1.68. The number of esters is 1. The number of aliphatic hydroxyl groups is 2. The molecular formula is C33H54O11. The molecule has 1 heterocycles. The van der Waals surface area contributed by atoms with Crippen molar-refractivity contribution in [2.75, 3.05) is 61.5 Å². The minimum absolute atomic E-state index is 0.0304. The molecule has 2 rings (SSSR count). The molecule has 0 saturated heterocycles. The van der Waals surface area contributed by atoms with E-state index >= 15 is 0 Å². The monoisotopic (exact) mass is 626 g/mol. The van der Waals surface area contributed by atoms with Crippen molar-refractivity contribution in [1.82, 2.24) is 0 Å². The molecule has 2 N–H and O–H groups in total. The van der Waals surface area contributed by atoms with Crippen molar-refractivity contribution in [1.29, 1.82) is 0 Å². The maximum absolute atomic E-state index is 13.5. The van der Waals surface area contributed by atoms with E-state index in [0.717, 1.165) is 23.1 Å². The van der Waals surface area contributed by atoms with E-state index in [4.69, 9.17) is 37.9 Å². The fourth-order valence-electron chi connectivity index (χ4n) is 5.09. The van der Waals surface area contributed by atoms with Gasteiger partial charge in [0.25, 0.3) is 0 Å². The summed E-state index contributed by atoms with van der Waals surface area (Å²) < 4.78 is 44.5. The summed E-state index contributed by atoms with van der Waals surface area (Å²) in [6, 6.07) is 7.62. The largest absolute Gasteiger partial charge is 0.458 e. The summed E-state index contributed by atoms with van der Waals surface area (Å²) in [7, 11) is 4.63. The maximum atomic E-state index is 13.5. The Morgan fingerprint density at radius 2 is 1.75 bits per heavy atom. The van der Waals surface area contributed by atoms with E-state index in [1.165, 1.54) is 14.2 Å². The van der Waals surface area contributed by atoms with Crippen LogP contribution in [0.3, 0.4) is 0 Å². The molecule has 1 aromatic rings. The van der Waals surface area contributed by atoms with Gasteiger partial charge in [0.15, 0.2) is 0 Å². The van der Waals surface area contributed by atoms with Crippen LogP contribution in [0.25, 0.3) is 0 Å². The van der Waals surface area contributed by atoms with E-state index in [1.807, 2.05) is 58.0 Å². The lowest BCUT2D eigenvalue weighted by molar-refractivity contribution is -0.175. The van der Waals surface area contributed by atoms with Crippen molar-refractivity contribution < 1.29 is 52.9 Å². The number of hydrogen-bond acceptors (Lipinski definition) is 11. The van der Waals surface area contributed by atoms with E-state index in [0.29, 0.717) is 19.8 Å². The SMILES string of the molecule is CC[C@H](/C=C(/C)[C@@H]1C[C@H](O)C[C@H](O)C(C)(C)c2cccc(c2)C(OCOC)[C@H](OCOC)CC(=O)O1)COCOCCOC. The number of benzene rings is 1. The Balaban J connectivity index is 2.41. The first-order valence-electron chi connectivity index (χ1n) is 15.3. The Morgan fingerprint density at radius 1 is 1.02 bits per heavy atom. The number of cyclic esters (lactones) is 1. The molecule has 11 nitrogen and oxygen atoms in total. The number of methoxy groups -OCH3 is 3. The minimum Gasteiger partial charge on any atom is -0.458 e. The molecule has 0 saturated carbocycles. The molecule has 11 heteroatoms. The lowest BCUT2D eigenvalue weighted by Gasteiger charge is -2.35. The van der Waals surface area contributed by atoms with E-state index in [-0.39, 0.29) is 45.6 Å². The van der Waals surface area contributed by atoms with Gasteiger partial charge in [-0.05, 0) is 30.0 Å². The second-order valence-corrected chi connectivity index (χ2v) is 11.7. The van der Waals surface area contributed by atoms with Gasteiger partial charge in [-0.1, -0.05) is 51.1 Å². The quantitative estimate of drug-likeness (QED) is 0.119. The highest BCUT2D eigenvalue weighted by Gasteiger charge is 2.36. The number of ether oxygens (including phenoxy) is 8. The molecule has 1 aromatic carbocycles. The van der Waals surface area contributed by atoms with Crippen LogP contribution >= 0.6 is 0 Å². The lowest BCUT2D eigenvalue weighted by atomic mass is 9.76. The van der Waals surface area contributed by atoms with E-state index in [2.05, 4.69) is 0 Å². The van der Waals surface area contributed by atoms with Crippen LogP contribution in [0.2, 0.25) is 0 Å². The third-order valence-corrected chi connectivity index (χ3v) is 7.98. The number of fused-ring (bicyclic) bond motifs is 2. The first-order chi connectivity index (χ1) is 21.1. The van der Waals surface area contributed by atoms with Crippen molar-refractivity contribution in [3.63, 3.8) is 0 Å². The summed E-state index contributed by atoms with van der Waals surface area (Å²) >= 11 is 0. The predicted octanol–water partition coefficient (Wildman–Crippen LogP) is 4.04. The Labute approximate surface area is 262 Å².